The summed E-state index contributed by atoms with van der Waals surface area (Å²) >= 11 is 0. The van der Waals surface area contributed by atoms with E-state index in [9.17, 15) is 8.42 Å². The van der Waals surface area contributed by atoms with Gasteiger partial charge in [0.05, 0.1) is 4.90 Å². The Kier molecular flexibility index (Phi) is 4.91. The average Bonchev–Trinajstić information content (AvgIpc) is 3.43. The van der Waals surface area contributed by atoms with Crippen LogP contribution in [0.15, 0.2) is 59.8 Å². The first-order valence-electron chi connectivity index (χ1n) is 10.1. The Morgan fingerprint density at radius 1 is 1.06 bits per heavy atom. The second kappa shape index (κ2) is 7.75. The van der Waals surface area contributed by atoms with E-state index in [1.807, 2.05) is 24.3 Å². The third-order valence-corrected chi connectivity index (χ3v) is 6.96. The van der Waals surface area contributed by atoms with Crippen LogP contribution in [0, 0.1) is 6.92 Å². The van der Waals surface area contributed by atoms with Gasteiger partial charge in [-0.1, -0.05) is 24.3 Å². The number of hydrogen-bond acceptors (Lipinski definition) is 6. The highest BCUT2D eigenvalue weighted by Gasteiger charge is 2.24. The Hall–Kier alpha value is -3.30. The van der Waals surface area contributed by atoms with Gasteiger partial charge in [-0.15, -0.1) is 0 Å². The second-order valence-corrected chi connectivity index (χ2v) is 9.23. The summed E-state index contributed by atoms with van der Waals surface area (Å²) < 4.78 is 30.3. The number of sulfonamides is 1. The van der Waals surface area contributed by atoms with E-state index in [2.05, 4.69) is 31.2 Å². The molecule has 31 heavy (non-hydrogen) atoms. The molecule has 1 aliphatic rings. The molecular weight excluding hydrogens is 412 g/mol. The van der Waals surface area contributed by atoms with E-state index in [4.69, 9.17) is 0 Å². The molecule has 8 nitrogen and oxygen atoms in total. The van der Waals surface area contributed by atoms with Crippen LogP contribution in [0.5, 0.6) is 0 Å². The maximum absolute atomic E-state index is 13.0. The van der Waals surface area contributed by atoms with Gasteiger partial charge in [0.15, 0.2) is 5.82 Å². The van der Waals surface area contributed by atoms with Crippen LogP contribution >= 0.6 is 0 Å². The molecule has 0 bridgehead atoms. The third-order valence-electron chi connectivity index (χ3n) is 5.42. The molecule has 158 valence electrons. The van der Waals surface area contributed by atoms with Crippen molar-refractivity contribution in [3.63, 3.8) is 0 Å². The van der Waals surface area contributed by atoms with Gasteiger partial charge < -0.3 is 5.32 Å². The summed E-state index contributed by atoms with van der Waals surface area (Å²) in [5, 5.41) is 9.53. The van der Waals surface area contributed by atoms with E-state index in [0.717, 1.165) is 29.2 Å². The molecule has 0 saturated carbocycles. The highest BCUT2D eigenvalue weighted by atomic mass is 32.2. The van der Waals surface area contributed by atoms with Gasteiger partial charge >= 0.3 is 0 Å². The topological polar surface area (TPSA) is 102 Å². The predicted molar refractivity (Wildman–Crippen MR) is 119 cm³/mol. The van der Waals surface area contributed by atoms with E-state index >= 15 is 0 Å². The molecule has 2 aromatic heterocycles. The monoisotopic (exact) mass is 434 g/mol. The lowest BCUT2D eigenvalue weighted by Crippen LogP contribution is -2.29. The summed E-state index contributed by atoms with van der Waals surface area (Å²) in [6.45, 7) is 2.43. The molecule has 0 radical (unpaired) electrons. The van der Waals surface area contributed by atoms with Gasteiger partial charge in [-0.2, -0.15) is 5.10 Å². The van der Waals surface area contributed by atoms with Crippen molar-refractivity contribution in [2.75, 3.05) is 18.4 Å². The lowest BCUT2D eigenvalue weighted by atomic mass is 10.1. The molecule has 0 aliphatic heterocycles. The standard InChI is InChI=1S/C22H22N6O2S/c1-15-26-20(14-21(27-15)28-13-3-10-24-28)23-11-12-25-31(29,30)19-9-7-17-5-2-4-16-6-8-18(19)22(16)17/h2-5,7,9-10,13-14,25H,6,8,11-12H2,1H3,(H,23,26,27). The van der Waals surface area contributed by atoms with Crippen LogP contribution in [-0.2, 0) is 22.9 Å². The highest BCUT2D eigenvalue weighted by molar-refractivity contribution is 7.89. The SMILES string of the molecule is Cc1nc(NCCNS(=O)(=O)c2ccc3cccc4c3c2CC4)cc(-n2cccn2)n1. The number of aryl methyl sites for hydroxylation is 3. The number of aromatic nitrogens is 4. The lowest BCUT2D eigenvalue weighted by molar-refractivity contribution is 0.582. The van der Waals surface area contributed by atoms with Gasteiger partial charge in [0.2, 0.25) is 10.0 Å². The van der Waals surface area contributed by atoms with Gasteiger partial charge in [-0.25, -0.2) is 27.8 Å². The van der Waals surface area contributed by atoms with E-state index < -0.39 is 10.0 Å². The Bertz CT molecular complexity index is 1370. The van der Waals surface area contributed by atoms with E-state index in [-0.39, 0.29) is 6.54 Å². The lowest BCUT2D eigenvalue weighted by Gasteiger charge is -2.12. The fraction of sp³-hybridized carbons (Fsp3) is 0.227. The van der Waals surface area contributed by atoms with Crippen molar-refractivity contribution in [1.29, 1.82) is 0 Å². The number of nitrogens with zero attached hydrogens (tertiary/aromatic N) is 4. The zero-order valence-electron chi connectivity index (χ0n) is 17.0. The zero-order valence-corrected chi connectivity index (χ0v) is 17.9. The fourth-order valence-corrected chi connectivity index (χ4v) is 5.40. The highest BCUT2D eigenvalue weighted by Crippen LogP contribution is 2.34. The second-order valence-electron chi connectivity index (χ2n) is 7.49. The van der Waals surface area contributed by atoms with Crippen molar-refractivity contribution >= 4 is 26.6 Å². The van der Waals surface area contributed by atoms with E-state index in [1.165, 1.54) is 5.56 Å². The van der Waals surface area contributed by atoms with Gasteiger partial charge in [-0.3, -0.25) is 0 Å². The molecule has 5 rings (SSSR count). The largest absolute Gasteiger partial charge is 0.369 e. The van der Waals surface area contributed by atoms with Crippen LogP contribution < -0.4 is 10.0 Å². The van der Waals surface area contributed by atoms with Crippen LogP contribution in [0.4, 0.5) is 5.82 Å². The number of anilines is 1. The number of hydrogen-bond donors (Lipinski definition) is 2. The molecule has 0 unspecified atom stereocenters. The molecule has 2 heterocycles. The number of rotatable bonds is 7. The molecule has 9 heteroatoms. The van der Waals surface area contributed by atoms with Crippen LogP contribution in [0.25, 0.3) is 16.6 Å². The summed E-state index contributed by atoms with van der Waals surface area (Å²) in [7, 11) is -3.60. The smallest absolute Gasteiger partial charge is 0.240 e. The summed E-state index contributed by atoms with van der Waals surface area (Å²) in [6.07, 6.45) is 5.12. The van der Waals surface area contributed by atoms with Gasteiger partial charge in [0.1, 0.15) is 11.6 Å². The molecule has 0 amide bonds. The Morgan fingerprint density at radius 2 is 1.97 bits per heavy atom. The quantitative estimate of drug-likeness (QED) is 0.434. The van der Waals surface area contributed by atoms with Crippen LogP contribution in [0.3, 0.4) is 0 Å². The molecular formula is C22H22N6O2S. The average molecular weight is 435 g/mol. The van der Waals surface area contributed by atoms with E-state index in [0.29, 0.717) is 28.9 Å². The minimum Gasteiger partial charge on any atom is -0.369 e. The van der Waals surface area contributed by atoms with Gasteiger partial charge in [0.25, 0.3) is 0 Å². The summed E-state index contributed by atoms with van der Waals surface area (Å²) in [5.74, 6) is 1.87. The first-order chi connectivity index (χ1) is 15.0. The van der Waals surface area contributed by atoms with Crippen LogP contribution in [0.1, 0.15) is 17.0 Å². The molecule has 0 saturated heterocycles. The van der Waals surface area contributed by atoms with Crippen LogP contribution in [-0.4, -0.2) is 41.3 Å². The predicted octanol–water partition coefficient (Wildman–Crippen LogP) is 2.61. The van der Waals surface area contributed by atoms with Crippen LogP contribution in [0.2, 0.25) is 0 Å². The van der Waals surface area contributed by atoms with Crippen molar-refractivity contribution < 1.29 is 8.42 Å². The summed E-state index contributed by atoms with van der Waals surface area (Å²) in [4.78, 5) is 9.11. The fourth-order valence-electron chi connectivity index (χ4n) is 4.10. The van der Waals surface area contributed by atoms with Crippen molar-refractivity contribution in [1.82, 2.24) is 24.5 Å². The number of benzene rings is 2. The Morgan fingerprint density at radius 3 is 2.81 bits per heavy atom. The zero-order chi connectivity index (χ0) is 21.4. The Labute approximate surface area is 180 Å². The van der Waals surface area contributed by atoms with Crippen molar-refractivity contribution in [3.8, 4) is 5.82 Å². The van der Waals surface area contributed by atoms with Crippen molar-refractivity contribution in [3.05, 3.63) is 71.8 Å². The maximum atomic E-state index is 13.0. The third kappa shape index (κ3) is 3.77. The Balaban J connectivity index is 1.28. The first-order valence-corrected chi connectivity index (χ1v) is 11.6. The van der Waals surface area contributed by atoms with Crippen molar-refractivity contribution in [2.24, 2.45) is 0 Å². The van der Waals surface area contributed by atoms with Gasteiger partial charge in [-0.05, 0) is 53.8 Å². The summed E-state index contributed by atoms with van der Waals surface area (Å²) in [6, 6.07) is 13.3. The number of nitrogens with one attached hydrogen (secondary N) is 2. The molecule has 2 N–H and O–H groups in total. The van der Waals surface area contributed by atoms with E-state index in [1.54, 1.807) is 36.1 Å². The van der Waals surface area contributed by atoms with Crippen molar-refractivity contribution in [2.45, 2.75) is 24.7 Å². The molecule has 4 aromatic rings. The molecule has 0 atom stereocenters. The minimum atomic E-state index is -3.60. The minimum absolute atomic E-state index is 0.238. The molecule has 1 aliphatic carbocycles. The first kappa shape index (κ1) is 19.7. The molecule has 0 fully saturated rings. The normalized spacial score (nSPS) is 13.1. The molecule has 2 aromatic carbocycles. The molecule has 0 spiro atoms. The van der Waals surface area contributed by atoms with Gasteiger partial charge in [0, 0.05) is 31.5 Å². The maximum Gasteiger partial charge on any atom is 0.240 e. The summed E-state index contributed by atoms with van der Waals surface area (Å²) in [5.41, 5.74) is 2.14.